The zero-order valence-corrected chi connectivity index (χ0v) is 21.1. The lowest BCUT2D eigenvalue weighted by Crippen LogP contribution is -2.42. The number of benzene rings is 2. The Labute approximate surface area is 209 Å². The molecule has 1 aliphatic rings. The lowest BCUT2D eigenvalue weighted by molar-refractivity contribution is 0.189. The van der Waals surface area contributed by atoms with Crippen molar-refractivity contribution in [3.8, 4) is 11.1 Å². The third-order valence-electron chi connectivity index (χ3n) is 7.24. The van der Waals surface area contributed by atoms with E-state index in [1.54, 1.807) is 31.1 Å². The summed E-state index contributed by atoms with van der Waals surface area (Å²) in [5, 5.41) is 8.14. The highest BCUT2D eigenvalue weighted by atomic mass is 19.1. The van der Waals surface area contributed by atoms with Crippen molar-refractivity contribution in [3.63, 3.8) is 0 Å². The molecule has 0 saturated heterocycles. The molecule has 0 unspecified atom stereocenters. The van der Waals surface area contributed by atoms with Crippen molar-refractivity contribution in [2.45, 2.75) is 38.6 Å². The number of rotatable bonds is 8. The highest BCUT2D eigenvalue weighted by molar-refractivity contribution is 5.85. The van der Waals surface area contributed by atoms with Crippen LogP contribution in [0, 0.1) is 18.7 Å². The van der Waals surface area contributed by atoms with E-state index in [0.29, 0.717) is 47.7 Å². The maximum absolute atomic E-state index is 15.0. The Bertz CT molecular complexity index is 1470. The fourth-order valence-corrected chi connectivity index (χ4v) is 5.43. The fourth-order valence-electron chi connectivity index (χ4n) is 5.43. The zero-order valence-electron chi connectivity index (χ0n) is 21.1. The van der Waals surface area contributed by atoms with E-state index in [9.17, 15) is 9.18 Å². The van der Waals surface area contributed by atoms with Gasteiger partial charge in [0.05, 0.1) is 23.0 Å². The number of nitrogens with zero attached hydrogens (tertiary/aromatic N) is 3. The Hall–Kier alpha value is -3.36. The van der Waals surface area contributed by atoms with Crippen LogP contribution in [0.4, 0.5) is 4.39 Å². The van der Waals surface area contributed by atoms with Gasteiger partial charge in [0, 0.05) is 38.4 Å². The molecule has 1 aliphatic carbocycles. The molecule has 1 fully saturated rings. The van der Waals surface area contributed by atoms with Gasteiger partial charge in [-0.15, -0.1) is 0 Å². The topological polar surface area (TPSA) is 82.2 Å². The molecule has 2 aromatic heterocycles. The molecule has 2 aromatic carbocycles. The van der Waals surface area contributed by atoms with Crippen molar-refractivity contribution in [3.05, 3.63) is 81.5 Å². The van der Waals surface area contributed by atoms with E-state index in [4.69, 9.17) is 9.15 Å². The number of aromatic nitrogens is 3. The van der Waals surface area contributed by atoms with E-state index in [0.717, 1.165) is 29.8 Å². The minimum absolute atomic E-state index is 0.179. The Balaban J connectivity index is 1.56. The maximum atomic E-state index is 15.0. The fraction of sp³-hybridized carbons (Fsp3) is 0.393. The number of hydrogen-bond donors (Lipinski definition) is 1. The second kappa shape index (κ2) is 9.59. The van der Waals surface area contributed by atoms with Gasteiger partial charge in [-0.3, -0.25) is 9.48 Å². The van der Waals surface area contributed by atoms with Gasteiger partial charge in [-0.1, -0.05) is 25.1 Å². The second-order valence-electron chi connectivity index (χ2n) is 9.92. The molecule has 0 spiro atoms. The molecule has 5 rings (SSSR count). The van der Waals surface area contributed by atoms with Crippen LogP contribution in [0.2, 0.25) is 0 Å². The Morgan fingerprint density at radius 3 is 2.81 bits per heavy atom. The monoisotopic (exact) mass is 490 g/mol. The van der Waals surface area contributed by atoms with Gasteiger partial charge in [-0.25, -0.2) is 9.37 Å². The lowest BCUT2D eigenvalue weighted by Gasteiger charge is -2.45. The van der Waals surface area contributed by atoms with Gasteiger partial charge in [0.1, 0.15) is 24.0 Å². The van der Waals surface area contributed by atoms with Gasteiger partial charge >= 0.3 is 0 Å². The van der Waals surface area contributed by atoms with Gasteiger partial charge in [0.25, 0.3) is 0 Å². The smallest absolute Gasteiger partial charge is 0.200 e. The third-order valence-corrected chi connectivity index (χ3v) is 7.24. The van der Waals surface area contributed by atoms with Gasteiger partial charge in [0.2, 0.25) is 5.43 Å². The van der Waals surface area contributed by atoms with Crippen molar-refractivity contribution < 1.29 is 13.5 Å². The highest BCUT2D eigenvalue weighted by Gasteiger charge is 2.48. The van der Waals surface area contributed by atoms with Crippen molar-refractivity contribution in [1.29, 1.82) is 0 Å². The van der Waals surface area contributed by atoms with Crippen molar-refractivity contribution in [1.82, 2.24) is 20.1 Å². The van der Waals surface area contributed by atoms with Crippen LogP contribution in [0.25, 0.3) is 22.1 Å². The van der Waals surface area contributed by atoms with Crippen LogP contribution in [0.1, 0.15) is 42.3 Å². The summed E-state index contributed by atoms with van der Waals surface area (Å²) in [5.41, 5.74) is 2.89. The number of hydrogen-bond acceptors (Lipinski definition) is 6. The summed E-state index contributed by atoms with van der Waals surface area (Å²) >= 11 is 0. The molecule has 0 atom stereocenters. The third kappa shape index (κ3) is 4.14. The van der Waals surface area contributed by atoms with Crippen LogP contribution in [-0.2, 0) is 23.7 Å². The molecule has 7 nitrogen and oxygen atoms in total. The predicted molar refractivity (Wildman–Crippen MR) is 136 cm³/mol. The molecule has 0 amide bonds. The summed E-state index contributed by atoms with van der Waals surface area (Å²) in [4.78, 5) is 18.2. The molecule has 0 aliphatic heterocycles. The van der Waals surface area contributed by atoms with E-state index in [2.05, 4.69) is 28.4 Å². The second-order valence-corrected chi connectivity index (χ2v) is 9.92. The average molecular weight is 491 g/mol. The molecule has 188 valence electrons. The van der Waals surface area contributed by atoms with Crippen molar-refractivity contribution in [2.24, 2.45) is 13.0 Å². The molecule has 4 aromatic rings. The van der Waals surface area contributed by atoms with Crippen molar-refractivity contribution >= 4 is 11.0 Å². The van der Waals surface area contributed by atoms with Gasteiger partial charge in [0.15, 0.2) is 5.82 Å². The highest BCUT2D eigenvalue weighted by Crippen LogP contribution is 2.51. The molecule has 2 heterocycles. The number of methoxy groups -OCH3 is 1. The van der Waals surface area contributed by atoms with E-state index < -0.39 is 0 Å². The zero-order chi connectivity index (χ0) is 25.4. The maximum Gasteiger partial charge on any atom is 0.200 e. The molecule has 1 N–H and O–H groups in total. The number of nitrogens with one attached hydrogen (secondary N) is 1. The molecular formula is C28H31FN4O3. The number of ether oxygens (including phenoxy) is 1. The first-order valence-corrected chi connectivity index (χ1v) is 12.2. The summed E-state index contributed by atoms with van der Waals surface area (Å²) < 4.78 is 27.6. The molecular weight excluding hydrogens is 459 g/mol. The van der Waals surface area contributed by atoms with Crippen molar-refractivity contribution in [2.75, 3.05) is 20.3 Å². The van der Waals surface area contributed by atoms with E-state index in [1.165, 1.54) is 6.26 Å². The van der Waals surface area contributed by atoms with Gasteiger partial charge in [-0.2, -0.15) is 5.10 Å². The van der Waals surface area contributed by atoms with Crippen LogP contribution in [0.15, 0.2) is 52.1 Å². The number of aryl methyl sites for hydroxylation is 2. The Kier molecular flexibility index (Phi) is 6.49. The predicted octanol–water partition coefficient (Wildman–Crippen LogP) is 4.49. The quantitative estimate of drug-likeness (QED) is 0.367. The molecule has 0 bridgehead atoms. The average Bonchev–Trinajstić information content (AvgIpc) is 3.29. The molecule has 36 heavy (non-hydrogen) atoms. The Morgan fingerprint density at radius 1 is 1.31 bits per heavy atom. The summed E-state index contributed by atoms with van der Waals surface area (Å²) in [6, 6.07) is 9.60. The lowest BCUT2D eigenvalue weighted by atomic mass is 9.58. The molecule has 1 saturated carbocycles. The number of halogens is 1. The van der Waals surface area contributed by atoms with Crippen LogP contribution in [-0.4, -0.2) is 35.0 Å². The minimum atomic E-state index is -0.366. The summed E-state index contributed by atoms with van der Waals surface area (Å²) in [6.45, 7) is 5.26. The first-order chi connectivity index (χ1) is 17.3. The molecule has 8 heteroatoms. The standard InChI is InChI=1S/C28H31FN4O3/c1-17-12-28(13-17,27-31-16-33(3)32-27)21-7-5-6-19(10-21)23-15-36-26-18(2)24(29)20(11-22(26)25(23)34)14-30-8-9-35-4/h5-7,10-11,15-17,30H,8-9,12-14H2,1-4H3. The summed E-state index contributed by atoms with van der Waals surface area (Å²) in [5.74, 6) is 1.01. The first kappa shape index (κ1) is 24.3. The van der Waals surface area contributed by atoms with Crippen LogP contribution in [0.5, 0.6) is 0 Å². The van der Waals surface area contributed by atoms with Gasteiger partial charge in [-0.05, 0) is 48.9 Å². The SMILES string of the molecule is COCCNCc1cc2c(=O)c(-c3cccc(C4(c5ncn(C)n5)CC(C)C4)c3)coc2c(C)c1F. The van der Waals surface area contributed by atoms with Crippen LogP contribution in [0.3, 0.4) is 0 Å². The minimum Gasteiger partial charge on any atom is -0.463 e. The number of fused-ring (bicyclic) bond motifs is 1. The van der Waals surface area contributed by atoms with Crippen LogP contribution < -0.4 is 10.7 Å². The van der Waals surface area contributed by atoms with Crippen LogP contribution >= 0.6 is 0 Å². The summed E-state index contributed by atoms with van der Waals surface area (Å²) in [6.07, 6.45) is 5.07. The largest absolute Gasteiger partial charge is 0.463 e. The Morgan fingerprint density at radius 2 is 2.11 bits per heavy atom. The van der Waals surface area contributed by atoms with E-state index >= 15 is 0 Å². The van der Waals surface area contributed by atoms with E-state index in [1.807, 2.05) is 25.2 Å². The van der Waals surface area contributed by atoms with Gasteiger partial charge < -0.3 is 14.5 Å². The van der Waals surface area contributed by atoms with E-state index in [-0.39, 0.29) is 22.2 Å². The molecule has 0 radical (unpaired) electrons. The summed E-state index contributed by atoms with van der Waals surface area (Å²) in [7, 11) is 3.49. The first-order valence-electron chi connectivity index (χ1n) is 12.2. The normalized spacial score (nSPS) is 19.5.